The molecule has 1 aliphatic heterocycles. The molecule has 1 atom stereocenters. The predicted molar refractivity (Wildman–Crippen MR) is 263 cm³/mol. The van der Waals surface area contributed by atoms with Crippen LogP contribution in [0.3, 0.4) is 0 Å². The number of rotatable bonds is 4. The van der Waals surface area contributed by atoms with E-state index < -0.39 is 13.5 Å². The number of para-hydroxylation sites is 3. The van der Waals surface area contributed by atoms with Crippen molar-refractivity contribution in [3.05, 3.63) is 210 Å². The van der Waals surface area contributed by atoms with E-state index in [4.69, 9.17) is 0 Å². The van der Waals surface area contributed by atoms with Crippen LogP contribution < -0.4 is 10.1 Å². The van der Waals surface area contributed by atoms with E-state index in [0.717, 1.165) is 11.4 Å². The first-order valence-corrected chi connectivity index (χ1v) is 25.3. The van der Waals surface area contributed by atoms with E-state index >= 15 is 0 Å². The summed E-state index contributed by atoms with van der Waals surface area (Å²) in [5.41, 5.74) is 16.0. The summed E-state index contributed by atoms with van der Waals surface area (Å²) in [5, 5.41) is 9.11. The number of hydrogen-bond donors (Lipinski definition) is 0. The van der Waals surface area contributed by atoms with Gasteiger partial charge < -0.3 is 9.47 Å². The lowest BCUT2D eigenvalue weighted by atomic mass is 9.65. The SMILES string of the molecule is CC(C)(C)c1ccc(N(c2ccc([Si](C)(C)C)cc2)c2cc3c(c4ccccc24)-c2c(ccc4ccccc24)C32c3ccccc3-n3c4ccccc4c4cccc2c43)cc1. The molecule has 1 aliphatic carbocycles. The fraction of sp³-hybridized carbons (Fsp3) is 0.138. The van der Waals surface area contributed by atoms with Gasteiger partial charge in [-0.15, -0.1) is 0 Å². The van der Waals surface area contributed by atoms with E-state index in [1.165, 1.54) is 98.9 Å². The first kappa shape index (κ1) is 36.2. The van der Waals surface area contributed by atoms with Crippen LogP contribution in [0.2, 0.25) is 19.6 Å². The quantitative estimate of drug-likeness (QED) is 0.161. The average Bonchev–Trinajstić information content (AvgIpc) is 3.77. The van der Waals surface area contributed by atoms with Crippen LogP contribution in [-0.4, -0.2) is 12.6 Å². The molecule has 0 saturated heterocycles. The summed E-state index contributed by atoms with van der Waals surface area (Å²) < 4.78 is 2.55. The smallest absolute Gasteiger partial charge is 0.0775 e. The van der Waals surface area contributed by atoms with Gasteiger partial charge in [-0.25, -0.2) is 0 Å². The minimum Gasteiger partial charge on any atom is -0.310 e. The molecule has 2 heterocycles. The van der Waals surface area contributed by atoms with Crippen LogP contribution in [0.1, 0.15) is 48.6 Å². The number of fused-ring (bicyclic) bond motifs is 16. The Labute approximate surface area is 359 Å². The number of anilines is 3. The second-order valence-electron chi connectivity index (χ2n) is 19.3. The molecule has 0 fully saturated rings. The highest BCUT2D eigenvalue weighted by atomic mass is 28.3. The predicted octanol–water partition coefficient (Wildman–Crippen LogP) is 15.1. The molecular formula is C58H48N2Si. The maximum atomic E-state index is 2.59. The summed E-state index contributed by atoms with van der Waals surface area (Å²) in [7, 11) is -1.54. The van der Waals surface area contributed by atoms with Gasteiger partial charge in [-0.05, 0) is 103 Å². The minimum atomic E-state index is -1.54. The van der Waals surface area contributed by atoms with Crippen molar-refractivity contribution in [2.24, 2.45) is 0 Å². The molecule has 12 rings (SSSR count). The standard InChI is InChI=1S/C58H48N2Si/c1-57(2,3)38-27-29-39(30-28-38)59(40-31-33-41(34-32-40)61(4,5)6)53-36-50-55(45-20-10-9-18-43(45)53)54-42-17-8-7-16-37(42)26-35-48(54)58(50)47-22-12-14-25-52(47)60-51-24-13-11-19-44(51)46-21-15-23-49(58)56(46)60/h7-36H,1-6H3. The highest BCUT2D eigenvalue weighted by molar-refractivity contribution is 6.88. The zero-order chi connectivity index (χ0) is 41.4. The van der Waals surface area contributed by atoms with Gasteiger partial charge >= 0.3 is 0 Å². The molecule has 1 aromatic heterocycles. The van der Waals surface area contributed by atoms with Crippen molar-refractivity contribution in [2.75, 3.05) is 4.90 Å². The molecule has 1 spiro atoms. The largest absolute Gasteiger partial charge is 0.310 e. The first-order chi connectivity index (χ1) is 29.5. The number of nitrogens with zero attached hydrogens (tertiary/aromatic N) is 2. The van der Waals surface area contributed by atoms with Gasteiger partial charge in [0.15, 0.2) is 0 Å². The van der Waals surface area contributed by atoms with Crippen molar-refractivity contribution in [2.45, 2.75) is 51.2 Å². The number of aromatic nitrogens is 1. The monoisotopic (exact) mass is 800 g/mol. The van der Waals surface area contributed by atoms with Gasteiger partial charge in [0, 0.05) is 27.5 Å². The van der Waals surface area contributed by atoms with Gasteiger partial charge in [0.2, 0.25) is 0 Å². The summed E-state index contributed by atoms with van der Waals surface area (Å²) in [4.78, 5) is 2.53. The third-order valence-electron chi connectivity index (χ3n) is 13.9. The van der Waals surface area contributed by atoms with Crippen LogP contribution in [0.15, 0.2) is 182 Å². The first-order valence-electron chi connectivity index (χ1n) is 21.8. The van der Waals surface area contributed by atoms with Gasteiger partial charge in [0.1, 0.15) is 0 Å². The Balaban J connectivity index is 1.26. The summed E-state index contributed by atoms with van der Waals surface area (Å²) in [6.07, 6.45) is 0. The molecule has 0 amide bonds. The second kappa shape index (κ2) is 12.7. The van der Waals surface area contributed by atoms with Crippen LogP contribution in [0, 0.1) is 0 Å². The minimum absolute atomic E-state index is 0.0431. The highest BCUT2D eigenvalue weighted by Gasteiger charge is 2.52. The van der Waals surface area contributed by atoms with Crippen molar-refractivity contribution in [3.8, 4) is 16.8 Å². The van der Waals surface area contributed by atoms with Crippen molar-refractivity contribution < 1.29 is 0 Å². The lowest BCUT2D eigenvalue weighted by Gasteiger charge is -2.40. The molecular weight excluding hydrogens is 753 g/mol. The van der Waals surface area contributed by atoms with E-state index in [-0.39, 0.29) is 5.41 Å². The normalized spacial score (nSPS) is 15.4. The molecule has 0 bridgehead atoms. The van der Waals surface area contributed by atoms with E-state index in [1.54, 1.807) is 0 Å². The molecule has 0 radical (unpaired) electrons. The van der Waals surface area contributed by atoms with Crippen molar-refractivity contribution in [3.63, 3.8) is 0 Å². The van der Waals surface area contributed by atoms with Gasteiger partial charge in [-0.2, -0.15) is 0 Å². The zero-order valence-electron chi connectivity index (χ0n) is 35.7. The van der Waals surface area contributed by atoms with E-state index in [2.05, 4.69) is 232 Å². The Morgan fingerprint density at radius 1 is 0.475 bits per heavy atom. The lowest BCUT2D eigenvalue weighted by Crippen LogP contribution is -2.37. The van der Waals surface area contributed by atoms with E-state index in [0.29, 0.717) is 0 Å². The van der Waals surface area contributed by atoms with Crippen molar-refractivity contribution in [1.29, 1.82) is 0 Å². The maximum absolute atomic E-state index is 2.59. The Morgan fingerprint density at radius 3 is 1.80 bits per heavy atom. The highest BCUT2D eigenvalue weighted by Crippen LogP contribution is 2.64. The fourth-order valence-electron chi connectivity index (χ4n) is 11.0. The van der Waals surface area contributed by atoms with E-state index in [9.17, 15) is 0 Å². The van der Waals surface area contributed by atoms with Gasteiger partial charge in [-0.1, -0.05) is 185 Å². The van der Waals surface area contributed by atoms with Crippen LogP contribution in [0.25, 0.3) is 60.2 Å². The van der Waals surface area contributed by atoms with Crippen molar-refractivity contribution in [1.82, 2.24) is 4.57 Å². The molecule has 3 heteroatoms. The van der Waals surface area contributed by atoms with Crippen LogP contribution >= 0.6 is 0 Å². The van der Waals surface area contributed by atoms with Gasteiger partial charge in [0.25, 0.3) is 0 Å². The molecule has 2 nitrogen and oxygen atoms in total. The lowest BCUT2D eigenvalue weighted by molar-refractivity contribution is 0.590. The summed E-state index contributed by atoms with van der Waals surface area (Å²) in [6, 6.07) is 69.6. The van der Waals surface area contributed by atoms with Crippen LogP contribution in [0.5, 0.6) is 0 Å². The van der Waals surface area contributed by atoms with Crippen LogP contribution in [0.4, 0.5) is 17.1 Å². The average molecular weight is 801 g/mol. The third kappa shape index (κ3) is 4.96. The summed E-state index contributed by atoms with van der Waals surface area (Å²) in [5.74, 6) is 0. The molecule has 0 saturated carbocycles. The summed E-state index contributed by atoms with van der Waals surface area (Å²) in [6.45, 7) is 14.2. The second-order valence-corrected chi connectivity index (χ2v) is 24.4. The molecule has 1 unspecified atom stereocenters. The Kier molecular flexibility index (Phi) is 7.52. The fourth-order valence-corrected chi connectivity index (χ4v) is 12.2. The van der Waals surface area contributed by atoms with E-state index in [1.807, 2.05) is 0 Å². The van der Waals surface area contributed by atoms with Crippen LogP contribution in [-0.2, 0) is 10.8 Å². The Bertz CT molecular complexity index is 3370. The van der Waals surface area contributed by atoms with Gasteiger partial charge in [0.05, 0.1) is 35.9 Å². The maximum Gasteiger partial charge on any atom is 0.0775 e. The molecule has 294 valence electrons. The third-order valence-corrected chi connectivity index (χ3v) is 15.9. The topological polar surface area (TPSA) is 8.17 Å². The molecule has 0 N–H and O–H groups in total. The molecule has 61 heavy (non-hydrogen) atoms. The molecule has 2 aliphatic rings. The number of benzene rings is 9. The molecule has 10 aromatic rings. The molecule has 9 aromatic carbocycles. The Morgan fingerprint density at radius 2 is 1.07 bits per heavy atom. The van der Waals surface area contributed by atoms with Crippen molar-refractivity contribution >= 4 is 73.7 Å². The summed E-state index contributed by atoms with van der Waals surface area (Å²) >= 11 is 0. The Hall–Kier alpha value is -6.68. The van der Waals surface area contributed by atoms with Gasteiger partial charge in [-0.3, -0.25) is 0 Å². The number of hydrogen-bond acceptors (Lipinski definition) is 1. The zero-order valence-corrected chi connectivity index (χ0v) is 36.7.